The Morgan fingerprint density at radius 3 is 2.91 bits per heavy atom. The highest BCUT2D eigenvalue weighted by Crippen LogP contribution is 2.38. The first kappa shape index (κ1) is 15.0. The number of nitrogens with one attached hydrogen (secondary N) is 1. The largest absolute Gasteiger partial charge is 0.378 e. The molecule has 2 aromatic rings. The van der Waals surface area contributed by atoms with Gasteiger partial charge in [0.15, 0.2) is 5.13 Å². The van der Waals surface area contributed by atoms with Crippen molar-refractivity contribution in [3.8, 4) is 0 Å². The number of likely N-dealkylation sites (tertiary alicyclic amines) is 1. The van der Waals surface area contributed by atoms with Crippen molar-refractivity contribution in [2.24, 2.45) is 5.92 Å². The first-order valence-electron chi connectivity index (χ1n) is 7.25. The van der Waals surface area contributed by atoms with Crippen LogP contribution in [0.5, 0.6) is 0 Å². The minimum Gasteiger partial charge on any atom is -0.378 e. The molecular formula is C16H19N3O2S. The van der Waals surface area contributed by atoms with Gasteiger partial charge >= 0.3 is 6.03 Å². The van der Waals surface area contributed by atoms with E-state index in [-0.39, 0.29) is 12.1 Å². The van der Waals surface area contributed by atoms with E-state index in [4.69, 9.17) is 4.74 Å². The molecule has 1 saturated heterocycles. The molecule has 116 valence electrons. The molecule has 1 N–H and O–H groups in total. The van der Waals surface area contributed by atoms with Crippen LogP contribution in [0.2, 0.25) is 0 Å². The van der Waals surface area contributed by atoms with Gasteiger partial charge in [0.1, 0.15) is 0 Å². The second-order valence-corrected chi connectivity index (χ2v) is 6.35. The van der Waals surface area contributed by atoms with Crippen molar-refractivity contribution in [2.45, 2.75) is 19.6 Å². The molecule has 1 aliphatic heterocycles. The van der Waals surface area contributed by atoms with Gasteiger partial charge in [0.2, 0.25) is 0 Å². The first-order valence-corrected chi connectivity index (χ1v) is 8.13. The van der Waals surface area contributed by atoms with Crippen LogP contribution in [0.3, 0.4) is 0 Å². The minimum atomic E-state index is -0.0923. The van der Waals surface area contributed by atoms with Gasteiger partial charge in [0.25, 0.3) is 0 Å². The molecule has 2 heterocycles. The average molecular weight is 317 g/mol. The fraction of sp³-hybridized carbons (Fsp3) is 0.375. The number of benzene rings is 1. The third-order valence-electron chi connectivity index (χ3n) is 3.82. The quantitative estimate of drug-likeness (QED) is 0.939. The summed E-state index contributed by atoms with van der Waals surface area (Å²) in [5, 5.41) is 5.39. The molecule has 6 heteroatoms. The lowest BCUT2D eigenvalue weighted by atomic mass is 9.85. The summed E-state index contributed by atoms with van der Waals surface area (Å²) in [7, 11) is 1.63. The number of ether oxygens (including phenoxy) is 1. The number of aromatic nitrogens is 1. The Labute approximate surface area is 133 Å². The Kier molecular flexibility index (Phi) is 4.40. The monoisotopic (exact) mass is 317 g/mol. The molecule has 1 aromatic carbocycles. The van der Waals surface area contributed by atoms with Crippen LogP contribution in [0.4, 0.5) is 9.93 Å². The maximum absolute atomic E-state index is 12.4. The van der Waals surface area contributed by atoms with Crippen LogP contribution in [-0.4, -0.2) is 29.6 Å². The topological polar surface area (TPSA) is 54.5 Å². The van der Waals surface area contributed by atoms with Crippen molar-refractivity contribution in [2.75, 3.05) is 19.0 Å². The first-order chi connectivity index (χ1) is 10.7. The Hall–Kier alpha value is -1.92. The Bertz CT molecular complexity index is 644. The lowest BCUT2D eigenvalue weighted by molar-refractivity contribution is 0.0671. The lowest BCUT2D eigenvalue weighted by Gasteiger charge is -2.46. The van der Waals surface area contributed by atoms with Crippen molar-refractivity contribution in [3.63, 3.8) is 0 Å². The van der Waals surface area contributed by atoms with E-state index in [9.17, 15) is 4.79 Å². The summed E-state index contributed by atoms with van der Waals surface area (Å²) >= 11 is 1.42. The molecule has 1 aliphatic rings. The van der Waals surface area contributed by atoms with E-state index >= 15 is 0 Å². The van der Waals surface area contributed by atoms with Gasteiger partial charge in [-0.2, -0.15) is 0 Å². The van der Waals surface area contributed by atoms with E-state index < -0.39 is 0 Å². The molecule has 2 atom stereocenters. The van der Waals surface area contributed by atoms with Crippen molar-refractivity contribution in [1.29, 1.82) is 0 Å². The van der Waals surface area contributed by atoms with Crippen LogP contribution >= 0.6 is 11.3 Å². The summed E-state index contributed by atoms with van der Waals surface area (Å²) in [6, 6.07) is 10.2. The standard InChI is InChI=1S/C16H19N3O2S/c1-11-8-19(14(11)12-6-4-3-5-7-12)16(20)18-15-17-13(9-21-2)10-22-15/h3-7,10-11,14H,8-9H2,1-2H3,(H,17,18,20)/t11-,14-/m1/s1. The van der Waals surface area contributed by atoms with Gasteiger partial charge in [-0.1, -0.05) is 37.3 Å². The van der Waals surface area contributed by atoms with E-state index in [1.165, 1.54) is 16.9 Å². The van der Waals surface area contributed by atoms with Gasteiger partial charge in [-0.3, -0.25) is 5.32 Å². The van der Waals surface area contributed by atoms with Gasteiger partial charge in [0.05, 0.1) is 18.3 Å². The molecule has 3 rings (SSSR count). The van der Waals surface area contributed by atoms with E-state index in [1.54, 1.807) is 7.11 Å². The number of urea groups is 1. The fourth-order valence-electron chi connectivity index (χ4n) is 2.80. The predicted octanol–water partition coefficient (Wildman–Crippen LogP) is 3.51. The van der Waals surface area contributed by atoms with Crippen molar-refractivity contribution in [1.82, 2.24) is 9.88 Å². The number of thiazole rings is 1. The number of rotatable bonds is 4. The van der Waals surface area contributed by atoms with Crippen LogP contribution in [0, 0.1) is 5.92 Å². The molecule has 0 aliphatic carbocycles. The SMILES string of the molecule is COCc1csc(NC(=O)N2C[C@@H](C)[C@@H]2c2ccccc2)n1. The Morgan fingerprint density at radius 1 is 1.45 bits per heavy atom. The maximum Gasteiger partial charge on any atom is 0.324 e. The lowest BCUT2D eigenvalue weighted by Crippen LogP contribution is -2.53. The van der Waals surface area contributed by atoms with E-state index in [0.29, 0.717) is 17.7 Å². The highest BCUT2D eigenvalue weighted by molar-refractivity contribution is 7.13. The van der Waals surface area contributed by atoms with Crippen molar-refractivity contribution < 1.29 is 9.53 Å². The average Bonchev–Trinajstić information content (AvgIpc) is 2.93. The van der Waals surface area contributed by atoms with Crippen LogP contribution in [-0.2, 0) is 11.3 Å². The molecule has 1 aromatic heterocycles. The number of hydrogen-bond acceptors (Lipinski definition) is 4. The molecule has 5 nitrogen and oxygen atoms in total. The number of amides is 2. The maximum atomic E-state index is 12.4. The molecule has 0 bridgehead atoms. The summed E-state index contributed by atoms with van der Waals surface area (Å²) < 4.78 is 5.04. The summed E-state index contributed by atoms with van der Waals surface area (Å²) in [5.41, 5.74) is 2.01. The van der Waals surface area contributed by atoms with Crippen molar-refractivity contribution in [3.05, 3.63) is 47.0 Å². The third-order valence-corrected chi connectivity index (χ3v) is 4.63. The number of carbonyl (C=O) groups excluding carboxylic acids is 1. The smallest absolute Gasteiger partial charge is 0.324 e. The minimum absolute atomic E-state index is 0.0923. The molecule has 0 spiro atoms. The van der Waals surface area contributed by atoms with Gasteiger partial charge < -0.3 is 9.64 Å². The van der Waals surface area contributed by atoms with E-state index in [2.05, 4.69) is 29.4 Å². The second kappa shape index (κ2) is 6.46. The summed E-state index contributed by atoms with van der Waals surface area (Å²) in [4.78, 5) is 18.6. The van der Waals surface area contributed by atoms with Crippen molar-refractivity contribution >= 4 is 22.5 Å². The van der Waals surface area contributed by atoms with E-state index in [0.717, 1.165) is 12.2 Å². The molecule has 1 fully saturated rings. The number of methoxy groups -OCH3 is 1. The highest BCUT2D eigenvalue weighted by Gasteiger charge is 2.40. The summed E-state index contributed by atoms with van der Waals surface area (Å²) in [6.07, 6.45) is 0. The van der Waals surface area contributed by atoms with Gasteiger partial charge in [-0.15, -0.1) is 11.3 Å². The van der Waals surface area contributed by atoms with Crippen LogP contribution < -0.4 is 5.32 Å². The number of anilines is 1. The second-order valence-electron chi connectivity index (χ2n) is 5.49. The van der Waals surface area contributed by atoms with Gasteiger partial charge in [-0.25, -0.2) is 9.78 Å². The van der Waals surface area contributed by atoms with Crippen LogP contribution in [0.25, 0.3) is 0 Å². The van der Waals surface area contributed by atoms with E-state index in [1.807, 2.05) is 28.5 Å². The number of nitrogens with zero attached hydrogens (tertiary/aromatic N) is 2. The molecule has 0 saturated carbocycles. The van der Waals surface area contributed by atoms with Gasteiger partial charge in [0, 0.05) is 19.0 Å². The number of hydrogen-bond donors (Lipinski definition) is 1. The molecule has 0 unspecified atom stereocenters. The normalized spacial score (nSPS) is 20.5. The van der Waals surface area contributed by atoms with Crippen LogP contribution in [0.15, 0.2) is 35.7 Å². The zero-order chi connectivity index (χ0) is 15.5. The molecular weight excluding hydrogens is 298 g/mol. The highest BCUT2D eigenvalue weighted by atomic mass is 32.1. The summed E-state index contributed by atoms with van der Waals surface area (Å²) in [5.74, 6) is 0.466. The molecule has 0 radical (unpaired) electrons. The predicted molar refractivity (Wildman–Crippen MR) is 86.9 cm³/mol. The molecule has 2 amide bonds. The Morgan fingerprint density at radius 2 is 2.23 bits per heavy atom. The molecule has 22 heavy (non-hydrogen) atoms. The van der Waals surface area contributed by atoms with Gasteiger partial charge in [-0.05, 0) is 11.5 Å². The fourth-order valence-corrected chi connectivity index (χ4v) is 3.49. The zero-order valence-corrected chi connectivity index (χ0v) is 13.5. The Balaban J connectivity index is 1.67. The third kappa shape index (κ3) is 2.98. The summed E-state index contributed by atoms with van der Waals surface area (Å²) in [6.45, 7) is 3.39. The van der Waals surface area contributed by atoms with Crippen LogP contribution in [0.1, 0.15) is 24.2 Å². The number of carbonyl (C=O) groups is 1. The zero-order valence-electron chi connectivity index (χ0n) is 12.7.